The van der Waals surface area contributed by atoms with Crippen molar-refractivity contribution in [3.63, 3.8) is 0 Å². The largest absolute Gasteiger partial charge is 0.382 e. The standard InChI is InChI=1S/C9H20N2O2/c1-5-10-6-8(12)11-9(2,3)7-13-4/h10H,5-7H2,1-4H3,(H,11,12). The van der Waals surface area contributed by atoms with Crippen molar-refractivity contribution in [2.75, 3.05) is 26.8 Å². The van der Waals surface area contributed by atoms with Crippen LogP contribution in [0.3, 0.4) is 0 Å². The van der Waals surface area contributed by atoms with E-state index in [9.17, 15) is 4.79 Å². The molecule has 0 saturated heterocycles. The van der Waals surface area contributed by atoms with E-state index < -0.39 is 0 Å². The van der Waals surface area contributed by atoms with Gasteiger partial charge in [0.1, 0.15) is 0 Å². The van der Waals surface area contributed by atoms with Gasteiger partial charge in [-0.3, -0.25) is 4.79 Å². The maximum Gasteiger partial charge on any atom is 0.234 e. The summed E-state index contributed by atoms with van der Waals surface area (Å²) in [6, 6.07) is 0. The third-order valence-corrected chi connectivity index (χ3v) is 1.52. The Bertz CT molecular complexity index is 158. The van der Waals surface area contributed by atoms with E-state index in [1.165, 1.54) is 0 Å². The summed E-state index contributed by atoms with van der Waals surface area (Å²) < 4.78 is 4.98. The number of carbonyl (C=O) groups excluding carboxylic acids is 1. The zero-order valence-corrected chi connectivity index (χ0v) is 8.94. The Balaban J connectivity index is 3.75. The van der Waals surface area contributed by atoms with Crippen LogP contribution >= 0.6 is 0 Å². The third kappa shape index (κ3) is 6.54. The number of hydrogen-bond donors (Lipinski definition) is 2. The second-order valence-electron chi connectivity index (χ2n) is 3.65. The highest BCUT2D eigenvalue weighted by atomic mass is 16.5. The van der Waals surface area contributed by atoms with Gasteiger partial charge in [-0.1, -0.05) is 6.92 Å². The van der Waals surface area contributed by atoms with Gasteiger partial charge in [0.15, 0.2) is 0 Å². The zero-order valence-electron chi connectivity index (χ0n) is 8.94. The lowest BCUT2D eigenvalue weighted by atomic mass is 10.1. The van der Waals surface area contributed by atoms with E-state index >= 15 is 0 Å². The normalized spacial score (nSPS) is 11.4. The molecule has 0 aromatic carbocycles. The predicted molar refractivity (Wildman–Crippen MR) is 52.6 cm³/mol. The lowest BCUT2D eigenvalue weighted by Gasteiger charge is -2.25. The number of rotatable bonds is 6. The van der Waals surface area contributed by atoms with Gasteiger partial charge in [-0.05, 0) is 20.4 Å². The highest BCUT2D eigenvalue weighted by molar-refractivity contribution is 5.78. The number of ether oxygens (including phenoxy) is 1. The number of hydrogen-bond acceptors (Lipinski definition) is 3. The molecule has 0 saturated carbocycles. The van der Waals surface area contributed by atoms with Gasteiger partial charge in [-0.2, -0.15) is 0 Å². The molecule has 0 heterocycles. The Labute approximate surface area is 80.0 Å². The molecule has 1 amide bonds. The number of amides is 1. The topological polar surface area (TPSA) is 50.4 Å². The first-order chi connectivity index (χ1) is 6.02. The molecule has 0 radical (unpaired) electrons. The molecule has 0 aromatic rings. The molecule has 4 nitrogen and oxygen atoms in total. The minimum absolute atomic E-state index is 0.00361. The Morgan fingerprint density at radius 1 is 1.46 bits per heavy atom. The van der Waals surface area contributed by atoms with Gasteiger partial charge in [0.2, 0.25) is 5.91 Å². The van der Waals surface area contributed by atoms with Gasteiger partial charge in [0.25, 0.3) is 0 Å². The van der Waals surface area contributed by atoms with Crippen LogP contribution in [-0.4, -0.2) is 38.3 Å². The molecule has 0 bridgehead atoms. The Morgan fingerprint density at radius 2 is 2.08 bits per heavy atom. The van der Waals surface area contributed by atoms with E-state index in [1.807, 2.05) is 20.8 Å². The Hall–Kier alpha value is -0.610. The summed E-state index contributed by atoms with van der Waals surface area (Å²) >= 11 is 0. The number of likely N-dealkylation sites (N-methyl/N-ethyl adjacent to an activating group) is 1. The molecule has 0 aliphatic heterocycles. The minimum Gasteiger partial charge on any atom is -0.382 e. The molecule has 78 valence electrons. The van der Waals surface area contributed by atoms with Crippen LogP contribution in [0.2, 0.25) is 0 Å². The van der Waals surface area contributed by atoms with Crippen LogP contribution in [0.1, 0.15) is 20.8 Å². The molecule has 0 aliphatic rings. The average molecular weight is 188 g/mol. The van der Waals surface area contributed by atoms with Crippen LogP contribution in [0.5, 0.6) is 0 Å². The van der Waals surface area contributed by atoms with Gasteiger partial charge >= 0.3 is 0 Å². The van der Waals surface area contributed by atoms with E-state index in [0.717, 1.165) is 6.54 Å². The van der Waals surface area contributed by atoms with E-state index in [0.29, 0.717) is 13.2 Å². The maximum absolute atomic E-state index is 11.3. The first-order valence-electron chi connectivity index (χ1n) is 4.52. The van der Waals surface area contributed by atoms with Crippen LogP contribution in [0.4, 0.5) is 0 Å². The summed E-state index contributed by atoms with van der Waals surface area (Å²) in [5, 5.41) is 5.83. The lowest BCUT2D eigenvalue weighted by Crippen LogP contribution is -2.49. The fourth-order valence-corrected chi connectivity index (χ4v) is 1.06. The molecule has 2 N–H and O–H groups in total. The van der Waals surface area contributed by atoms with Gasteiger partial charge in [-0.25, -0.2) is 0 Å². The van der Waals surface area contributed by atoms with Gasteiger partial charge in [0.05, 0.1) is 18.7 Å². The van der Waals surface area contributed by atoms with E-state index in [2.05, 4.69) is 10.6 Å². The fraction of sp³-hybridized carbons (Fsp3) is 0.889. The van der Waals surface area contributed by atoms with Crippen molar-refractivity contribution in [1.29, 1.82) is 0 Å². The van der Waals surface area contributed by atoms with Crippen LogP contribution in [0.25, 0.3) is 0 Å². The van der Waals surface area contributed by atoms with Crippen molar-refractivity contribution < 1.29 is 9.53 Å². The SMILES string of the molecule is CCNCC(=O)NC(C)(C)COC. The molecule has 13 heavy (non-hydrogen) atoms. The number of nitrogens with one attached hydrogen (secondary N) is 2. The van der Waals surface area contributed by atoms with Crippen molar-refractivity contribution in [3.8, 4) is 0 Å². The predicted octanol–water partition coefficient (Wildman–Crippen LogP) is 0.137. The average Bonchev–Trinajstić information content (AvgIpc) is 1.99. The summed E-state index contributed by atoms with van der Waals surface area (Å²) in [7, 11) is 1.62. The molecule has 0 unspecified atom stereocenters. The van der Waals surface area contributed by atoms with Crippen LogP contribution in [0.15, 0.2) is 0 Å². The van der Waals surface area contributed by atoms with Crippen molar-refractivity contribution in [2.45, 2.75) is 26.3 Å². The summed E-state index contributed by atoms with van der Waals surface area (Å²) in [6.07, 6.45) is 0. The van der Waals surface area contributed by atoms with Crippen molar-refractivity contribution >= 4 is 5.91 Å². The molecular formula is C9H20N2O2. The van der Waals surface area contributed by atoms with Gasteiger partial charge in [0, 0.05) is 7.11 Å². The molecule has 0 atom stereocenters. The van der Waals surface area contributed by atoms with Gasteiger partial charge < -0.3 is 15.4 Å². The Kier molecular flexibility index (Phi) is 5.66. The van der Waals surface area contributed by atoms with Crippen molar-refractivity contribution in [2.24, 2.45) is 0 Å². The second kappa shape index (κ2) is 5.94. The first-order valence-corrected chi connectivity index (χ1v) is 4.52. The van der Waals surface area contributed by atoms with Crippen LogP contribution < -0.4 is 10.6 Å². The third-order valence-electron chi connectivity index (χ3n) is 1.52. The van der Waals surface area contributed by atoms with Crippen LogP contribution in [0, 0.1) is 0 Å². The van der Waals surface area contributed by atoms with E-state index in [4.69, 9.17) is 4.74 Å². The number of methoxy groups -OCH3 is 1. The molecule has 0 fully saturated rings. The Morgan fingerprint density at radius 3 is 2.54 bits per heavy atom. The molecule has 4 heteroatoms. The zero-order chi connectivity index (χ0) is 10.3. The fourth-order valence-electron chi connectivity index (χ4n) is 1.06. The van der Waals surface area contributed by atoms with Gasteiger partial charge in [-0.15, -0.1) is 0 Å². The summed E-state index contributed by atoms with van der Waals surface area (Å²) in [4.78, 5) is 11.3. The molecular weight excluding hydrogens is 168 g/mol. The molecule has 0 spiro atoms. The second-order valence-corrected chi connectivity index (χ2v) is 3.65. The van der Waals surface area contributed by atoms with Crippen LogP contribution in [-0.2, 0) is 9.53 Å². The highest BCUT2D eigenvalue weighted by Gasteiger charge is 2.19. The summed E-state index contributed by atoms with van der Waals surface area (Å²) in [5.74, 6) is 0.00361. The highest BCUT2D eigenvalue weighted by Crippen LogP contribution is 2.00. The van der Waals surface area contributed by atoms with E-state index in [1.54, 1.807) is 7.11 Å². The molecule has 0 aliphatic carbocycles. The smallest absolute Gasteiger partial charge is 0.234 e. The molecule has 0 rings (SSSR count). The summed E-state index contributed by atoms with van der Waals surface area (Å²) in [6.45, 7) is 7.51. The summed E-state index contributed by atoms with van der Waals surface area (Å²) in [5.41, 5.74) is -0.290. The number of carbonyl (C=O) groups is 1. The lowest BCUT2D eigenvalue weighted by molar-refractivity contribution is -0.122. The monoisotopic (exact) mass is 188 g/mol. The molecule has 0 aromatic heterocycles. The quantitative estimate of drug-likeness (QED) is 0.623. The minimum atomic E-state index is -0.290. The van der Waals surface area contributed by atoms with E-state index in [-0.39, 0.29) is 11.4 Å². The van der Waals surface area contributed by atoms with Crippen molar-refractivity contribution in [1.82, 2.24) is 10.6 Å². The first kappa shape index (κ1) is 12.4. The van der Waals surface area contributed by atoms with Crippen molar-refractivity contribution in [3.05, 3.63) is 0 Å². The maximum atomic E-state index is 11.3.